The number of esters is 1. The Balaban J connectivity index is 1.88. The Morgan fingerprint density at radius 3 is 2.62 bits per heavy atom. The van der Waals surface area contributed by atoms with Gasteiger partial charge in [-0.2, -0.15) is 0 Å². The molecule has 0 saturated carbocycles. The number of hydrogen-bond acceptors (Lipinski definition) is 4. The van der Waals surface area contributed by atoms with Crippen molar-refractivity contribution >= 4 is 11.9 Å². The predicted molar refractivity (Wildman–Crippen MR) is 88.7 cm³/mol. The van der Waals surface area contributed by atoms with Crippen LogP contribution in [0.3, 0.4) is 0 Å². The van der Waals surface area contributed by atoms with Crippen molar-refractivity contribution in [1.82, 2.24) is 4.90 Å². The molecule has 0 saturated heterocycles. The fraction of sp³-hybridized carbons (Fsp3) is 0.263. The van der Waals surface area contributed by atoms with Gasteiger partial charge in [0, 0.05) is 6.42 Å². The lowest BCUT2D eigenvalue weighted by atomic mass is 10.0. The van der Waals surface area contributed by atoms with E-state index >= 15 is 0 Å². The van der Waals surface area contributed by atoms with E-state index < -0.39 is 12.0 Å². The molecule has 5 nitrogen and oxygen atoms in total. The highest BCUT2D eigenvalue weighted by Gasteiger charge is 2.35. The first kappa shape index (κ1) is 16.1. The fourth-order valence-corrected chi connectivity index (χ4v) is 2.75. The zero-order valence-electron chi connectivity index (χ0n) is 13.5. The van der Waals surface area contributed by atoms with E-state index in [0.717, 1.165) is 5.56 Å². The number of carbonyl (C=O) groups excluding carboxylic acids is 2. The Kier molecular flexibility index (Phi) is 4.79. The van der Waals surface area contributed by atoms with Gasteiger partial charge < -0.3 is 9.47 Å². The van der Waals surface area contributed by atoms with Crippen LogP contribution >= 0.6 is 0 Å². The Bertz CT molecular complexity index is 729. The van der Waals surface area contributed by atoms with Gasteiger partial charge in [-0.25, -0.2) is 4.79 Å². The van der Waals surface area contributed by atoms with E-state index in [2.05, 4.69) is 0 Å². The number of para-hydroxylation sites is 1. The quantitative estimate of drug-likeness (QED) is 0.793. The standard InChI is InChI=1S/C19H19NO4/c1-2-23-19(22)16(12-14-8-4-3-5-9-14)20-13-24-17-11-7-6-10-15(17)18(20)21/h3-11,16H,2,12-13H2,1H3/t16-/m0/s1. The van der Waals surface area contributed by atoms with Crippen LogP contribution in [0.1, 0.15) is 22.8 Å². The molecule has 124 valence electrons. The average molecular weight is 325 g/mol. The van der Waals surface area contributed by atoms with Crippen molar-refractivity contribution in [3.8, 4) is 5.75 Å². The minimum Gasteiger partial charge on any atom is -0.472 e. The minimum atomic E-state index is -0.715. The van der Waals surface area contributed by atoms with Gasteiger partial charge >= 0.3 is 5.97 Å². The van der Waals surface area contributed by atoms with Crippen LogP contribution < -0.4 is 4.74 Å². The van der Waals surface area contributed by atoms with Crippen molar-refractivity contribution in [2.24, 2.45) is 0 Å². The summed E-state index contributed by atoms with van der Waals surface area (Å²) in [6.07, 6.45) is 0.386. The van der Waals surface area contributed by atoms with E-state index in [1.165, 1.54) is 4.90 Å². The zero-order valence-corrected chi connectivity index (χ0v) is 13.5. The summed E-state index contributed by atoms with van der Waals surface area (Å²) >= 11 is 0. The summed E-state index contributed by atoms with van der Waals surface area (Å²) < 4.78 is 10.8. The second-order valence-electron chi connectivity index (χ2n) is 5.50. The minimum absolute atomic E-state index is 0.0339. The molecule has 1 heterocycles. The van der Waals surface area contributed by atoms with E-state index in [-0.39, 0.29) is 19.2 Å². The van der Waals surface area contributed by atoms with Crippen LogP contribution in [0.25, 0.3) is 0 Å². The smallest absolute Gasteiger partial charge is 0.329 e. The molecule has 1 aliphatic heterocycles. The topological polar surface area (TPSA) is 55.8 Å². The van der Waals surface area contributed by atoms with Crippen LogP contribution in [0.4, 0.5) is 0 Å². The van der Waals surface area contributed by atoms with Crippen molar-refractivity contribution < 1.29 is 19.1 Å². The summed E-state index contributed by atoms with van der Waals surface area (Å²) in [5.74, 6) is -0.0930. The Labute approximate surface area is 140 Å². The third kappa shape index (κ3) is 3.25. The Hall–Kier alpha value is -2.82. The molecule has 0 unspecified atom stereocenters. The number of nitrogens with zero attached hydrogens (tertiary/aromatic N) is 1. The predicted octanol–water partition coefficient (Wildman–Crippen LogP) is 2.65. The molecule has 0 N–H and O–H groups in total. The number of benzene rings is 2. The molecular formula is C19H19NO4. The number of ether oxygens (including phenoxy) is 2. The highest BCUT2D eigenvalue weighted by Crippen LogP contribution is 2.26. The van der Waals surface area contributed by atoms with E-state index in [4.69, 9.17) is 9.47 Å². The maximum atomic E-state index is 12.8. The fourth-order valence-electron chi connectivity index (χ4n) is 2.75. The normalized spacial score (nSPS) is 14.5. The van der Waals surface area contributed by atoms with Crippen LogP contribution in [-0.2, 0) is 16.0 Å². The lowest BCUT2D eigenvalue weighted by molar-refractivity contribution is -0.149. The van der Waals surface area contributed by atoms with Crippen molar-refractivity contribution in [1.29, 1.82) is 0 Å². The van der Waals surface area contributed by atoms with Gasteiger partial charge in [0.2, 0.25) is 0 Å². The molecule has 1 aliphatic rings. The van der Waals surface area contributed by atoms with Crippen molar-refractivity contribution in [2.45, 2.75) is 19.4 Å². The third-order valence-electron chi connectivity index (χ3n) is 3.94. The van der Waals surface area contributed by atoms with E-state index in [1.54, 1.807) is 25.1 Å². The monoisotopic (exact) mass is 325 g/mol. The second kappa shape index (κ2) is 7.17. The number of carbonyl (C=O) groups is 2. The molecule has 0 aliphatic carbocycles. The van der Waals surface area contributed by atoms with Crippen molar-refractivity contribution in [3.63, 3.8) is 0 Å². The van der Waals surface area contributed by atoms with Gasteiger partial charge in [-0.3, -0.25) is 9.69 Å². The highest BCUT2D eigenvalue weighted by molar-refractivity contribution is 5.99. The summed E-state index contributed by atoms with van der Waals surface area (Å²) in [6.45, 7) is 2.05. The first-order chi connectivity index (χ1) is 11.7. The summed E-state index contributed by atoms with van der Waals surface area (Å²) in [4.78, 5) is 26.7. The number of rotatable bonds is 5. The summed E-state index contributed by atoms with van der Waals surface area (Å²) in [5, 5.41) is 0. The molecule has 0 aromatic heterocycles. The number of amides is 1. The van der Waals surface area contributed by atoms with Gasteiger partial charge in [-0.1, -0.05) is 42.5 Å². The van der Waals surface area contributed by atoms with Gasteiger partial charge in [-0.05, 0) is 24.6 Å². The molecule has 0 fully saturated rings. The molecule has 2 aromatic carbocycles. The molecule has 0 bridgehead atoms. The van der Waals surface area contributed by atoms with Crippen molar-refractivity contribution in [3.05, 3.63) is 65.7 Å². The lowest BCUT2D eigenvalue weighted by Gasteiger charge is -2.34. The van der Waals surface area contributed by atoms with Crippen LogP contribution in [0.2, 0.25) is 0 Å². The molecule has 1 atom stereocenters. The summed E-state index contributed by atoms with van der Waals surface area (Å²) in [6, 6.07) is 15.9. The first-order valence-electron chi connectivity index (χ1n) is 7.94. The molecule has 24 heavy (non-hydrogen) atoms. The molecule has 1 amide bonds. The molecule has 0 radical (unpaired) electrons. The zero-order chi connectivity index (χ0) is 16.9. The van der Waals surface area contributed by atoms with Gasteiger partial charge in [0.15, 0.2) is 6.73 Å². The van der Waals surface area contributed by atoms with Crippen LogP contribution in [0.15, 0.2) is 54.6 Å². The van der Waals surface area contributed by atoms with Gasteiger partial charge in [0.25, 0.3) is 5.91 Å². The highest BCUT2D eigenvalue weighted by atomic mass is 16.5. The van der Waals surface area contributed by atoms with E-state index in [0.29, 0.717) is 17.7 Å². The molecule has 5 heteroatoms. The molecular weight excluding hydrogens is 306 g/mol. The van der Waals surface area contributed by atoms with Gasteiger partial charge in [0.05, 0.1) is 12.2 Å². The molecule has 3 rings (SSSR count). The van der Waals surface area contributed by atoms with Crippen LogP contribution in [0, 0.1) is 0 Å². The van der Waals surface area contributed by atoms with E-state index in [9.17, 15) is 9.59 Å². The van der Waals surface area contributed by atoms with Crippen LogP contribution in [0.5, 0.6) is 5.75 Å². The Morgan fingerprint density at radius 1 is 1.17 bits per heavy atom. The number of hydrogen-bond donors (Lipinski definition) is 0. The average Bonchev–Trinajstić information content (AvgIpc) is 2.62. The third-order valence-corrected chi connectivity index (χ3v) is 3.94. The SMILES string of the molecule is CCOC(=O)[C@H](Cc1ccccc1)N1COc2ccccc2C1=O. The maximum absolute atomic E-state index is 12.8. The van der Waals surface area contributed by atoms with Crippen molar-refractivity contribution in [2.75, 3.05) is 13.3 Å². The van der Waals surface area contributed by atoms with Crippen LogP contribution in [-0.4, -0.2) is 36.2 Å². The molecule has 2 aromatic rings. The largest absolute Gasteiger partial charge is 0.472 e. The molecule has 0 spiro atoms. The second-order valence-corrected chi connectivity index (χ2v) is 5.50. The van der Waals surface area contributed by atoms with Gasteiger partial charge in [0.1, 0.15) is 11.8 Å². The van der Waals surface area contributed by atoms with Gasteiger partial charge in [-0.15, -0.1) is 0 Å². The summed E-state index contributed by atoms with van der Waals surface area (Å²) in [7, 11) is 0. The number of fused-ring (bicyclic) bond motifs is 1. The van der Waals surface area contributed by atoms with E-state index in [1.807, 2.05) is 36.4 Å². The first-order valence-corrected chi connectivity index (χ1v) is 7.94. The maximum Gasteiger partial charge on any atom is 0.329 e. The lowest BCUT2D eigenvalue weighted by Crippen LogP contribution is -2.50. The summed E-state index contributed by atoms with van der Waals surface area (Å²) in [5.41, 5.74) is 1.42. The Morgan fingerprint density at radius 2 is 1.88 bits per heavy atom.